The predicted octanol–water partition coefficient (Wildman–Crippen LogP) is 2.77. The van der Waals surface area contributed by atoms with E-state index in [9.17, 15) is 10.1 Å². The van der Waals surface area contributed by atoms with Crippen molar-refractivity contribution in [1.82, 2.24) is 19.8 Å². The summed E-state index contributed by atoms with van der Waals surface area (Å²) in [5.74, 6) is 1.68. The molecule has 2 saturated heterocycles. The summed E-state index contributed by atoms with van der Waals surface area (Å²) in [6.07, 6.45) is 5.15. The normalized spacial score (nSPS) is 18.9. The summed E-state index contributed by atoms with van der Waals surface area (Å²) in [5.41, 5.74) is 4.01. The number of piperazine rings is 1. The number of benzene rings is 1. The minimum Gasteiger partial charge on any atom is -0.379 e. The molecule has 5 rings (SSSR count). The van der Waals surface area contributed by atoms with Crippen molar-refractivity contribution >= 4 is 29.0 Å². The molecule has 37 heavy (non-hydrogen) atoms. The Morgan fingerprint density at radius 2 is 2.00 bits per heavy atom. The van der Waals surface area contributed by atoms with Gasteiger partial charge in [-0.2, -0.15) is 10.2 Å². The van der Waals surface area contributed by atoms with Crippen LogP contribution >= 0.6 is 0 Å². The van der Waals surface area contributed by atoms with Crippen LogP contribution in [0, 0.1) is 11.3 Å². The number of aromatic nitrogens is 2. The first-order chi connectivity index (χ1) is 18.1. The average Bonchev–Trinajstić information content (AvgIpc) is 3.77. The maximum Gasteiger partial charge on any atom is 0.229 e. The molecule has 1 aliphatic carbocycles. The number of ether oxygens (including phenoxy) is 1. The molecule has 2 aromatic rings. The first kappa shape index (κ1) is 25.2. The van der Waals surface area contributed by atoms with E-state index in [2.05, 4.69) is 61.7 Å². The van der Waals surface area contributed by atoms with Crippen LogP contribution in [0.1, 0.15) is 42.7 Å². The lowest BCUT2D eigenvalue weighted by molar-refractivity contribution is -0.130. The fraction of sp³-hybridized carbons (Fsp3) is 0.556. The van der Waals surface area contributed by atoms with Crippen LogP contribution in [0.25, 0.3) is 0 Å². The second-order valence-electron chi connectivity index (χ2n) is 10.1. The zero-order chi connectivity index (χ0) is 25.6. The van der Waals surface area contributed by atoms with E-state index >= 15 is 0 Å². The molecule has 2 aliphatic heterocycles. The summed E-state index contributed by atoms with van der Waals surface area (Å²) in [4.78, 5) is 27.8. The molecule has 0 unspecified atom stereocenters. The Bertz CT molecular complexity index is 1140. The molecular formula is C27H36N8O2. The van der Waals surface area contributed by atoms with E-state index in [-0.39, 0.29) is 5.91 Å². The van der Waals surface area contributed by atoms with Gasteiger partial charge in [-0.05, 0) is 56.0 Å². The molecular weight excluding hydrogens is 468 g/mol. The SMILES string of the molecule is CN1CCN(c2ccc(Nc3ncc(C#N)c(NCCCN4CCOCCC4=O)n3)c(C3CC3)c2)CC1. The van der Waals surface area contributed by atoms with E-state index in [1.807, 2.05) is 4.90 Å². The van der Waals surface area contributed by atoms with Gasteiger partial charge >= 0.3 is 0 Å². The van der Waals surface area contributed by atoms with E-state index in [0.29, 0.717) is 62.5 Å². The van der Waals surface area contributed by atoms with Gasteiger partial charge < -0.3 is 30.1 Å². The smallest absolute Gasteiger partial charge is 0.229 e. The van der Waals surface area contributed by atoms with E-state index in [1.165, 1.54) is 24.1 Å². The van der Waals surface area contributed by atoms with Crippen LogP contribution in [0.2, 0.25) is 0 Å². The highest BCUT2D eigenvalue weighted by Crippen LogP contribution is 2.45. The number of anilines is 4. The second-order valence-corrected chi connectivity index (χ2v) is 10.1. The highest BCUT2D eigenvalue weighted by Gasteiger charge is 2.28. The Labute approximate surface area is 218 Å². The third-order valence-electron chi connectivity index (χ3n) is 7.29. The van der Waals surface area contributed by atoms with Gasteiger partial charge in [-0.15, -0.1) is 0 Å². The van der Waals surface area contributed by atoms with Crippen LogP contribution < -0.4 is 15.5 Å². The third-order valence-corrected chi connectivity index (χ3v) is 7.29. The summed E-state index contributed by atoms with van der Waals surface area (Å²) in [6.45, 7) is 7.20. The number of carbonyl (C=O) groups excluding carboxylic acids is 1. The Morgan fingerprint density at radius 3 is 2.78 bits per heavy atom. The van der Waals surface area contributed by atoms with Gasteiger partial charge in [-0.3, -0.25) is 4.79 Å². The summed E-state index contributed by atoms with van der Waals surface area (Å²) in [6, 6.07) is 8.81. The van der Waals surface area contributed by atoms with Gasteiger partial charge in [0.25, 0.3) is 0 Å². The molecule has 1 amide bonds. The van der Waals surface area contributed by atoms with E-state index < -0.39 is 0 Å². The number of likely N-dealkylation sites (N-methyl/N-ethyl adjacent to an activating group) is 1. The summed E-state index contributed by atoms with van der Waals surface area (Å²) in [7, 11) is 2.17. The average molecular weight is 505 g/mol. The largest absolute Gasteiger partial charge is 0.379 e. The minimum atomic E-state index is 0.133. The van der Waals surface area contributed by atoms with Crippen LogP contribution in [0.5, 0.6) is 0 Å². The zero-order valence-corrected chi connectivity index (χ0v) is 21.6. The van der Waals surface area contributed by atoms with E-state index in [4.69, 9.17) is 4.74 Å². The Balaban J connectivity index is 1.24. The molecule has 3 heterocycles. The number of nitriles is 1. The summed E-state index contributed by atoms with van der Waals surface area (Å²) in [5, 5.41) is 16.2. The van der Waals surface area contributed by atoms with Crippen molar-refractivity contribution < 1.29 is 9.53 Å². The van der Waals surface area contributed by atoms with Gasteiger partial charge in [0.2, 0.25) is 11.9 Å². The van der Waals surface area contributed by atoms with Crippen molar-refractivity contribution in [2.24, 2.45) is 0 Å². The molecule has 0 radical (unpaired) electrons. The van der Waals surface area contributed by atoms with Crippen molar-refractivity contribution in [3.63, 3.8) is 0 Å². The highest BCUT2D eigenvalue weighted by molar-refractivity contribution is 5.76. The number of nitrogens with zero attached hydrogens (tertiary/aromatic N) is 6. The van der Waals surface area contributed by atoms with Crippen LogP contribution in [0.4, 0.5) is 23.1 Å². The molecule has 2 N–H and O–H groups in total. The lowest BCUT2D eigenvalue weighted by Gasteiger charge is -2.34. The number of amides is 1. The van der Waals surface area contributed by atoms with Crippen molar-refractivity contribution in [3.05, 3.63) is 35.5 Å². The number of hydrogen-bond acceptors (Lipinski definition) is 9. The van der Waals surface area contributed by atoms with Crippen LogP contribution in [-0.4, -0.2) is 91.7 Å². The van der Waals surface area contributed by atoms with Gasteiger partial charge in [-0.1, -0.05) is 0 Å². The Morgan fingerprint density at radius 1 is 1.16 bits per heavy atom. The molecule has 10 heteroatoms. The standard InChI is InChI=1S/C27H36N8O2/c1-33-10-12-34(13-11-33)22-5-6-24(23(17-22)20-3-4-20)31-27-30-19-21(18-28)26(32-27)29-8-2-9-35-14-16-37-15-7-25(35)36/h5-6,17,19-20H,2-4,7-16H2,1H3,(H2,29,30,31,32). The predicted molar refractivity (Wildman–Crippen MR) is 143 cm³/mol. The first-order valence-corrected chi connectivity index (χ1v) is 13.3. The molecule has 0 atom stereocenters. The minimum absolute atomic E-state index is 0.133. The van der Waals surface area contributed by atoms with Gasteiger partial charge in [0, 0.05) is 57.2 Å². The molecule has 10 nitrogen and oxygen atoms in total. The third kappa shape index (κ3) is 6.48. The molecule has 0 bridgehead atoms. The van der Waals surface area contributed by atoms with Crippen LogP contribution in [-0.2, 0) is 9.53 Å². The van der Waals surface area contributed by atoms with Crippen molar-refractivity contribution in [2.75, 3.05) is 81.6 Å². The molecule has 196 valence electrons. The second kappa shape index (κ2) is 11.8. The number of carbonyl (C=O) groups is 1. The van der Waals surface area contributed by atoms with Crippen molar-refractivity contribution in [3.8, 4) is 6.07 Å². The summed E-state index contributed by atoms with van der Waals surface area (Å²) >= 11 is 0. The summed E-state index contributed by atoms with van der Waals surface area (Å²) < 4.78 is 5.39. The Hall–Kier alpha value is -3.42. The van der Waals surface area contributed by atoms with Gasteiger partial charge in [0.05, 0.1) is 25.8 Å². The van der Waals surface area contributed by atoms with Crippen LogP contribution in [0.15, 0.2) is 24.4 Å². The molecule has 3 aliphatic rings. The quantitative estimate of drug-likeness (QED) is 0.498. The topological polar surface area (TPSA) is 110 Å². The van der Waals surface area contributed by atoms with Crippen molar-refractivity contribution in [1.29, 1.82) is 5.26 Å². The molecule has 1 saturated carbocycles. The van der Waals surface area contributed by atoms with E-state index in [1.54, 1.807) is 6.20 Å². The maximum atomic E-state index is 12.1. The number of nitrogens with one attached hydrogen (secondary N) is 2. The van der Waals surface area contributed by atoms with E-state index in [0.717, 1.165) is 38.3 Å². The fourth-order valence-corrected chi connectivity index (χ4v) is 4.87. The van der Waals surface area contributed by atoms with Gasteiger partial charge in [-0.25, -0.2) is 4.98 Å². The Kier molecular flexibility index (Phi) is 8.02. The zero-order valence-electron chi connectivity index (χ0n) is 21.6. The lowest BCUT2D eigenvalue weighted by atomic mass is 10.1. The van der Waals surface area contributed by atoms with Gasteiger partial charge in [0.1, 0.15) is 17.5 Å². The molecule has 1 aromatic carbocycles. The lowest BCUT2D eigenvalue weighted by Crippen LogP contribution is -2.44. The molecule has 0 spiro atoms. The fourth-order valence-electron chi connectivity index (χ4n) is 4.87. The van der Waals surface area contributed by atoms with Gasteiger partial charge in [0.15, 0.2) is 0 Å². The highest BCUT2D eigenvalue weighted by atomic mass is 16.5. The maximum absolute atomic E-state index is 12.1. The first-order valence-electron chi connectivity index (χ1n) is 13.3. The molecule has 1 aromatic heterocycles. The van der Waals surface area contributed by atoms with Crippen molar-refractivity contribution in [2.45, 2.75) is 31.6 Å². The number of hydrogen-bond donors (Lipinski definition) is 2. The van der Waals surface area contributed by atoms with Crippen LogP contribution in [0.3, 0.4) is 0 Å². The number of rotatable bonds is 9. The monoisotopic (exact) mass is 504 g/mol. The molecule has 3 fully saturated rings.